The van der Waals surface area contributed by atoms with Crippen LogP contribution in [-0.2, 0) is 10.0 Å². The lowest BCUT2D eigenvalue weighted by atomic mass is 10.3. The quantitative estimate of drug-likeness (QED) is 0.783. The Balaban J connectivity index is 2.05. The highest BCUT2D eigenvalue weighted by atomic mass is 32.2. The molecule has 1 fully saturated rings. The normalized spacial score (nSPS) is 17.6. The molecule has 0 unspecified atom stereocenters. The first-order chi connectivity index (χ1) is 9.93. The second-order valence-electron chi connectivity index (χ2n) is 4.82. The van der Waals surface area contributed by atoms with Gasteiger partial charge in [-0.3, -0.25) is 4.90 Å². The van der Waals surface area contributed by atoms with Gasteiger partial charge in [-0.2, -0.15) is 4.31 Å². The van der Waals surface area contributed by atoms with Crippen LogP contribution in [0.4, 0.5) is 0 Å². The van der Waals surface area contributed by atoms with Gasteiger partial charge in [-0.1, -0.05) is 12.2 Å². The monoisotopic (exact) mass is 329 g/mol. The van der Waals surface area contributed by atoms with E-state index in [9.17, 15) is 8.42 Å². The number of rotatable bonds is 5. The van der Waals surface area contributed by atoms with Crippen molar-refractivity contribution in [1.82, 2.24) is 9.21 Å². The van der Waals surface area contributed by atoms with E-state index in [0.29, 0.717) is 43.5 Å². The number of nitrogens with two attached hydrogens (primary N) is 1. The highest BCUT2D eigenvalue weighted by molar-refractivity contribution is 7.89. The second kappa shape index (κ2) is 6.69. The zero-order valence-corrected chi connectivity index (χ0v) is 13.5. The molecule has 0 spiro atoms. The molecule has 1 aromatic carbocycles. The molecule has 8 heteroatoms. The maximum absolute atomic E-state index is 12.5. The summed E-state index contributed by atoms with van der Waals surface area (Å²) in [6.45, 7) is 2.68. The molecule has 1 aromatic rings. The summed E-state index contributed by atoms with van der Waals surface area (Å²) in [5.41, 5.74) is 5.51. The van der Waals surface area contributed by atoms with Crippen LogP contribution < -0.4 is 10.5 Å². The molecule has 0 saturated carbocycles. The van der Waals surface area contributed by atoms with Crippen LogP contribution in [0, 0.1) is 0 Å². The summed E-state index contributed by atoms with van der Waals surface area (Å²) in [6.07, 6.45) is 0. The Morgan fingerprint density at radius 2 is 1.81 bits per heavy atom. The fourth-order valence-electron chi connectivity index (χ4n) is 2.25. The Bertz CT molecular complexity index is 594. The van der Waals surface area contributed by atoms with Gasteiger partial charge in [-0.15, -0.1) is 0 Å². The van der Waals surface area contributed by atoms with Crippen LogP contribution >= 0.6 is 12.2 Å². The van der Waals surface area contributed by atoms with E-state index >= 15 is 0 Å². The first-order valence-corrected chi connectivity index (χ1v) is 8.43. The Morgan fingerprint density at radius 1 is 1.24 bits per heavy atom. The standard InChI is InChI=1S/C13H19N3O3S2/c1-19-11-2-4-12(5-3-11)21(17,18)16-8-6-15(7-9-16)10-13(14)20/h2-5H,6-10H2,1H3,(H2,14,20). The van der Waals surface area contributed by atoms with E-state index < -0.39 is 10.0 Å². The van der Waals surface area contributed by atoms with Crippen LogP contribution in [0.5, 0.6) is 5.75 Å². The van der Waals surface area contributed by atoms with Gasteiger partial charge in [0.15, 0.2) is 0 Å². The van der Waals surface area contributed by atoms with Crippen LogP contribution in [0.2, 0.25) is 0 Å². The lowest BCUT2D eigenvalue weighted by molar-refractivity contribution is 0.209. The summed E-state index contributed by atoms with van der Waals surface area (Å²) < 4.78 is 31.6. The van der Waals surface area contributed by atoms with E-state index in [2.05, 4.69) is 4.90 Å². The lowest BCUT2D eigenvalue weighted by Crippen LogP contribution is -2.50. The number of sulfonamides is 1. The maximum Gasteiger partial charge on any atom is 0.243 e. The van der Waals surface area contributed by atoms with Crippen molar-refractivity contribution in [3.63, 3.8) is 0 Å². The van der Waals surface area contributed by atoms with Gasteiger partial charge in [0.1, 0.15) is 5.75 Å². The molecule has 2 N–H and O–H groups in total. The Morgan fingerprint density at radius 3 is 2.29 bits per heavy atom. The number of hydrogen-bond donors (Lipinski definition) is 1. The minimum atomic E-state index is -3.45. The molecule has 1 saturated heterocycles. The van der Waals surface area contributed by atoms with Crippen molar-refractivity contribution < 1.29 is 13.2 Å². The van der Waals surface area contributed by atoms with Gasteiger partial charge in [-0.25, -0.2) is 8.42 Å². The average molecular weight is 329 g/mol. The summed E-state index contributed by atoms with van der Waals surface area (Å²) in [7, 11) is -1.91. The number of piperazine rings is 1. The predicted molar refractivity (Wildman–Crippen MR) is 85.0 cm³/mol. The molecular formula is C13H19N3O3S2. The minimum Gasteiger partial charge on any atom is -0.497 e. The molecule has 0 bridgehead atoms. The van der Waals surface area contributed by atoms with Gasteiger partial charge in [0.2, 0.25) is 10.0 Å². The number of benzene rings is 1. The van der Waals surface area contributed by atoms with Gasteiger partial charge in [0.05, 0.1) is 17.0 Å². The van der Waals surface area contributed by atoms with Gasteiger partial charge < -0.3 is 10.5 Å². The average Bonchev–Trinajstić information content (AvgIpc) is 2.47. The first kappa shape index (κ1) is 16.2. The number of nitrogens with zero attached hydrogens (tertiary/aromatic N) is 2. The molecule has 1 aliphatic rings. The van der Waals surface area contributed by atoms with Crippen molar-refractivity contribution in [1.29, 1.82) is 0 Å². The van der Waals surface area contributed by atoms with Crippen LogP contribution in [0.1, 0.15) is 0 Å². The van der Waals surface area contributed by atoms with Crippen molar-refractivity contribution in [2.45, 2.75) is 4.90 Å². The van der Waals surface area contributed by atoms with Crippen LogP contribution in [-0.4, -0.2) is 62.4 Å². The fraction of sp³-hybridized carbons (Fsp3) is 0.462. The third-order valence-electron chi connectivity index (χ3n) is 3.41. The third-order valence-corrected chi connectivity index (χ3v) is 5.45. The summed E-state index contributed by atoms with van der Waals surface area (Å²) in [5.74, 6) is 0.634. The molecule has 0 radical (unpaired) electrons. The summed E-state index contributed by atoms with van der Waals surface area (Å²) >= 11 is 4.87. The van der Waals surface area contributed by atoms with Crippen LogP contribution in [0.25, 0.3) is 0 Å². The second-order valence-corrected chi connectivity index (χ2v) is 7.28. The first-order valence-electron chi connectivity index (χ1n) is 6.58. The van der Waals surface area contributed by atoms with Crippen molar-refractivity contribution in [3.8, 4) is 5.75 Å². The Labute approximate surface area is 130 Å². The zero-order chi connectivity index (χ0) is 15.5. The molecule has 116 valence electrons. The number of thiocarbonyl (C=S) groups is 1. The Kier molecular flexibility index (Phi) is 5.15. The van der Waals surface area contributed by atoms with Gasteiger partial charge in [-0.05, 0) is 24.3 Å². The van der Waals surface area contributed by atoms with E-state index in [-0.39, 0.29) is 4.90 Å². The van der Waals surface area contributed by atoms with Crippen LogP contribution in [0.3, 0.4) is 0 Å². The van der Waals surface area contributed by atoms with Crippen molar-refractivity contribution in [3.05, 3.63) is 24.3 Å². The summed E-state index contributed by atoms with van der Waals surface area (Å²) in [4.78, 5) is 2.77. The third kappa shape index (κ3) is 3.91. The topological polar surface area (TPSA) is 75.9 Å². The SMILES string of the molecule is COc1ccc(S(=O)(=O)N2CCN(CC(N)=S)CC2)cc1. The molecule has 21 heavy (non-hydrogen) atoms. The zero-order valence-electron chi connectivity index (χ0n) is 11.9. The number of hydrogen-bond acceptors (Lipinski definition) is 5. The molecule has 0 aliphatic carbocycles. The van der Waals surface area contributed by atoms with E-state index in [1.165, 1.54) is 4.31 Å². The van der Waals surface area contributed by atoms with Gasteiger partial charge >= 0.3 is 0 Å². The number of methoxy groups -OCH3 is 1. The van der Waals surface area contributed by atoms with Crippen molar-refractivity contribution >= 4 is 27.2 Å². The molecule has 1 heterocycles. The van der Waals surface area contributed by atoms with E-state index in [1.54, 1.807) is 31.4 Å². The largest absolute Gasteiger partial charge is 0.497 e. The highest BCUT2D eigenvalue weighted by Crippen LogP contribution is 2.20. The van der Waals surface area contributed by atoms with E-state index in [4.69, 9.17) is 22.7 Å². The Hall–Kier alpha value is -1.22. The molecule has 1 aliphatic heterocycles. The molecule has 6 nitrogen and oxygen atoms in total. The van der Waals surface area contributed by atoms with Crippen molar-refractivity contribution in [2.24, 2.45) is 5.73 Å². The lowest BCUT2D eigenvalue weighted by Gasteiger charge is -2.33. The minimum absolute atomic E-state index is 0.283. The molecule has 0 amide bonds. The molecular weight excluding hydrogens is 310 g/mol. The van der Waals surface area contributed by atoms with E-state index in [0.717, 1.165) is 0 Å². The summed E-state index contributed by atoms with van der Waals surface area (Å²) in [6, 6.07) is 6.43. The van der Waals surface area contributed by atoms with E-state index in [1.807, 2.05) is 0 Å². The van der Waals surface area contributed by atoms with Gasteiger partial charge in [0, 0.05) is 32.7 Å². The summed E-state index contributed by atoms with van der Waals surface area (Å²) in [5, 5.41) is 0. The highest BCUT2D eigenvalue weighted by Gasteiger charge is 2.28. The molecule has 2 rings (SSSR count). The number of ether oxygens (including phenoxy) is 1. The molecule has 0 aromatic heterocycles. The van der Waals surface area contributed by atoms with Gasteiger partial charge in [0.25, 0.3) is 0 Å². The predicted octanol–water partition coefficient (Wildman–Crippen LogP) is 0.288. The smallest absolute Gasteiger partial charge is 0.243 e. The van der Waals surface area contributed by atoms with Crippen LogP contribution in [0.15, 0.2) is 29.2 Å². The maximum atomic E-state index is 12.5. The fourth-order valence-corrected chi connectivity index (χ4v) is 3.85. The molecule has 0 atom stereocenters. The van der Waals surface area contributed by atoms with Crippen molar-refractivity contribution in [2.75, 3.05) is 39.8 Å².